The number of rotatable bonds is 3. The van der Waals surface area contributed by atoms with E-state index < -0.39 is 0 Å². The van der Waals surface area contributed by atoms with Crippen LogP contribution in [0.2, 0.25) is 0 Å². The highest BCUT2D eigenvalue weighted by Crippen LogP contribution is 2.29. The van der Waals surface area contributed by atoms with Gasteiger partial charge in [-0.2, -0.15) is 0 Å². The molecule has 0 fully saturated rings. The van der Waals surface area contributed by atoms with Crippen LogP contribution in [-0.2, 0) is 12.0 Å². The van der Waals surface area contributed by atoms with Gasteiger partial charge in [0.2, 0.25) is 0 Å². The smallest absolute Gasteiger partial charge is 0.145 e. The fourth-order valence-corrected chi connectivity index (χ4v) is 2.29. The summed E-state index contributed by atoms with van der Waals surface area (Å²) in [5, 5.41) is 0. The van der Waals surface area contributed by atoms with Crippen molar-refractivity contribution in [1.82, 2.24) is 0 Å². The van der Waals surface area contributed by atoms with Crippen LogP contribution in [0.3, 0.4) is 0 Å². The van der Waals surface area contributed by atoms with Crippen LogP contribution >= 0.6 is 15.9 Å². The van der Waals surface area contributed by atoms with Crippen LogP contribution in [0.4, 0.5) is 10.1 Å². The van der Waals surface area contributed by atoms with Crippen molar-refractivity contribution in [2.75, 3.05) is 5.73 Å². The molecule has 2 rings (SSSR count). The zero-order valence-corrected chi connectivity index (χ0v) is 14.0. The number of ether oxygens (including phenoxy) is 1. The Hall–Kier alpha value is -1.55. The lowest BCUT2D eigenvalue weighted by atomic mass is 9.87. The van der Waals surface area contributed by atoms with Gasteiger partial charge in [-0.15, -0.1) is 0 Å². The Balaban J connectivity index is 2.08. The summed E-state index contributed by atoms with van der Waals surface area (Å²) in [5.41, 5.74) is 8.63. The first-order valence-corrected chi connectivity index (χ1v) is 7.53. The number of benzene rings is 2. The topological polar surface area (TPSA) is 35.2 Å². The summed E-state index contributed by atoms with van der Waals surface area (Å²) in [7, 11) is 0. The van der Waals surface area contributed by atoms with Crippen molar-refractivity contribution in [2.45, 2.75) is 32.8 Å². The van der Waals surface area contributed by atoms with Gasteiger partial charge in [0, 0.05) is 6.07 Å². The Morgan fingerprint density at radius 2 is 1.76 bits per heavy atom. The summed E-state index contributed by atoms with van der Waals surface area (Å²) in [6.45, 7) is 6.87. The molecule has 0 atom stereocenters. The molecule has 0 aliphatic heterocycles. The lowest BCUT2D eigenvalue weighted by molar-refractivity contribution is 0.306. The van der Waals surface area contributed by atoms with Crippen LogP contribution < -0.4 is 10.5 Å². The van der Waals surface area contributed by atoms with Crippen LogP contribution in [0.25, 0.3) is 0 Å². The van der Waals surface area contributed by atoms with Crippen molar-refractivity contribution in [3.8, 4) is 5.75 Å². The van der Waals surface area contributed by atoms with Gasteiger partial charge < -0.3 is 10.5 Å². The second-order valence-electron chi connectivity index (χ2n) is 6.04. The van der Waals surface area contributed by atoms with Gasteiger partial charge in [-0.25, -0.2) is 4.39 Å². The summed E-state index contributed by atoms with van der Waals surface area (Å²) in [5.74, 6) is -0.0297. The maximum Gasteiger partial charge on any atom is 0.145 e. The second-order valence-corrected chi connectivity index (χ2v) is 6.89. The molecule has 2 N–H and O–H groups in total. The molecule has 112 valence electrons. The number of anilines is 1. The molecule has 4 heteroatoms. The lowest BCUT2D eigenvalue weighted by Gasteiger charge is -2.19. The van der Waals surface area contributed by atoms with E-state index in [-0.39, 0.29) is 11.2 Å². The summed E-state index contributed by atoms with van der Waals surface area (Å²) in [6, 6.07) is 11.0. The third-order valence-electron chi connectivity index (χ3n) is 3.27. The van der Waals surface area contributed by atoms with Crippen LogP contribution in [-0.4, -0.2) is 0 Å². The normalized spacial score (nSPS) is 11.5. The van der Waals surface area contributed by atoms with Crippen LogP contribution in [0.15, 0.2) is 40.9 Å². The minimum Gasteiger partial charge on any atom is -0.487 e. The number of nitrogen functional groups attached to an aromatic ring is 1. The summed E-state index contributed by atoms with van der Waals surface area (Å²) in [6.07, 6.45) is 0. The third kappa shape index (κ3) is 3.97. The first-order valence-electron chi connectivity index (χ1n) is 6.74. The van der Waals surface area contributed by atoms with Gasteiger partial charge in [0.1, 0.15) is 18.2 Å². The van der Waals surface area contributed by atoms with E-state index in [4.69, 9.17) is 10.5 Å². The van der Waals surface area contributed by atoms with Gasteiger partial charge in [0.15, 0.2) is 0 Å². The maximum atomic E-state index is 13.5. The molecule has 0 saturated carbocycles. The van der Waals surface area contributed by atoms with Gasteiger partial charge in [0.05, 0.1) is 10.2 Å². The summed E-state index contributed by atoms with van der Waals surface area (Å²) >= 11 is 3.09. The molecule has 0 aliphatic carbocycles. The van der Waals surface area contributed by atoms with Gasteiger partial charge in [-0.1, -0.05) is 45.0 Å². The third-order valence-corrected chi connectivity index (χ3v) is 3.87. The van der Waals surface area contributed by atoms with Gasteiger partial charge in [-0.3, -0.25) is 0 Å². The van der Waals surface area contributed by atoms with Gasteiger partial charge in [0.25, 0.3) is 0 Å². The molecule has 0 spiro atoms. The molecular formula is C17H19BrFNO. The van der Waals surface area contributed by atoms with E-state index in [9.17, 15) is 4.39 Å². The SMILES string of the molecule is CC(C)(C)c1ccc(COc2cc(F)c(Br)cc2N)cc1. The quantitative estimate of drug-likeness (QED) is 0.785. The van der Waals surface area contributed by atoms with E-state index in [0.29, 0.717) is 22.5 Å². The number of hydrogen-bond donors (Lipinski definition) is 1. The standard InChI is InChI=1S/C17H19BrFNO/c1-17(2,3)12-6-4-11(5-7-12)10-21-16-9-14(19)13(18)8-15(16)20/h4-9H,10,20H2,1-3H3. The predicted octanol–water partition coefficient (Wildman–Crippen LogP) is 5.05. The van der Waals surface area contributed by atoms with Crippen molar-refractivity contribution in [1.29, 1.82) is 0 Å². The molecule has 2 aromatic carbocycles. The Kier molecular flexibility index (Phi) is 4.57. The average Bonchev–Trinajstić information content (AvgIpc) is 2.41. The summed E-state index contributed by atoms with van der Waals surface area (Å²) < 4.78 is 19.4. The molecule has 0 radical (unpaired) electrons. The molecule has 0 aliphatic rings. The molecule has 0 bridgehead atoms. The van der Waals surface area contributed by atoms with E-state index in [1.165, 1.54) is 17.7 Å². The van der Waals surface area contributed by atoms with E-state index in [1.54, 1.807) is 0 Å². The number of nitrogens with two attached hydrogens (primary N) is 1. The zero-order chi connectivity index (χ0) is 15.6. The molecule has 2 aromatic rings. The lowest BCUT2D eigenvalue weighted by Crippen LogP contribution is -2.10. The van der Waals surface area contributed by atoms with Crippen LogP contribution in [0, 0.1) is 5.82 Å². The van der Waals surface area contributed by atoms with Crippen molar-refractivity contribution in [3.05, 3.63) is 57.8 Å². The van der Waals surface area contributed by atoms with E-state index in [1.807, 2.05) is 12.1 Å². The van der Waals surface area contributed by atoms with Crippen molar-refractivity contribution in [2.24, 2.45) is 0 Å². The van der Waals surface area contributed by atoms with Crippen LogP contribution in [0.1, 0.15) is 31.9 Å². The Morgan fingerprint density at radius 3 is 2.33 bits per heavy atom. The molecule has 2 nitrogen and oxygen atoms in total. The average molecular weight is 352 g/mol. The highest BCUT2D eigenvalue weighted by Gasteiger charge is 2.13. The fraction of sp³-hybridized carbons (Fsp3) is 0.294. The van der Waals surface area contributed by atoms with E-state index in [2.05, 4.69) is 48.8 Å². The molecule has 0 saturated heterocycles. The fourth-order valence-electron chi connectivity index (χ4n) is 1.93. The Morgan fingerprint density at radius 1 is 1.14 bits per heavy atom. The molecule has 0 unspecified atom stereocenters. The maximum absolute atomic E-state index is 13.5. The minimum absolute atomic E-state index is 0.124. The largest absolute Gasteiger partial charge is 0.487 e. The first-order chi connectivity index (χ1) is 9.77. The highest BCUT2D eigenvalue weighted by molar-refractivity contribution is 9.10. The van der Waals surface area contributed by atoms with Crippen molar-refractivity contribution in [3.63, 3.8) is 0 Å². The first kappa shape index (κ1) is 15.8. The molecule has 0 heterocycles. The second kappa shape index (κ2) is 6.06. The number of halogens is 2. The Labute approximate surface area is 133 Å². The van der Waals surface area contributed by atoms with E-state index >= 15 is 0 Å². The van der Waals surface area contributed by atoms with Crippen molar-refractivity contribution < 1.29 is 9.13 Å². The summed E-state index contributed by atoms with van der Waals surface area (Å²) in [4.78, 5) is 0. The monoisotopic (exact) mass is 351 g/mol. The van der Waals surface area contributed by atoms with Crippen LogP contribution in [0.5, 0.6) is 5.75 Å². The predicted molar refractivity (Wildman–Crippen MR) is 88.0 cm³/mol. The van der Waals surface area contributed by atoms with Crippen molar-refractivity contribution >= 4 is 21.6 Å². The van der Waals surface area contributed by atoms with Gasteiger partial charge in [-0.05, 0) is 38.5 Å². The highest BCUT2D eigenvalue weighted by atomic mass is 79.9. The minimum atomic E-state index is -0.387. The Bertz CT molecular complexity index is 632. The van der Waals surface area contributed by atoms with E-state index in [0.717, 1.165) is 5.56 Å². The molecular weight excluding hydrogens is 333 g/mol. The van der Waals surface area contributed by atoms with Gasteiger partial charge >= 0.3 is 0 Å². The number of hydrogen-bond acceptors (Lipinski definition) is 2. The molecule has 0 aromatic heterocycles. The molecule has 0 amide bonds. The molecule has 21 heavy (non-hydrogen) atoms. The zero-order valence-electron chi connectivity index (χ0n) is 12.4.